The van der Waals surface area contributed by atoms with Crippen LogP contribution in [0.25, 0.3) is 10.4 Å². The van der Waals surface area contributed by atoms with E-state index in [1.54, 1.807) is 32.1 Å². The topological polar surface area (TPSA) is 138 Å². The number of alkyl halides is 1. The molecule has 4 rings (SSSR count). The Morgan fingerprint density at radius 1 is 1.10 bits per heavy atom. The average molecular weight is 715 g/mol. The van der Waals surface area contributed by atoms with Gasteiger partial charge in [0.2, 0.25) is 11.8 Å². The van der Waals surface area contributed by atoms with Crippen molar-refractivity contribution in [2.75, 3.05) is 13.2 Å². The fourth-order valence-corrected chi connectivity index (χ4v) is 7.12. The molecule has 1 saturated carbocycles. The number of unbranched alkanes of at least 4 members (excludes halogenated alkanes) is 9. The predicted molar refractivity (Wildman–Crippen MR) is 192 cm³/mol. The second kappa shape index (κ2) is 18.2. The quantitative estimate of drug-likeness (QED) is 0.110. The number of benzene rings is 1. The Kier molecular flexibility index (Phi) is 14.4. The number of carbonyl (C=O) groups is 4. The molecular weight excluding hydrogens is 660 g/mol. The number of β-amino-alcohol motifs (C(OH)–C–C–N with tert-alkyl or cyclic N) is 1. The molecule has 10 nitrogen and oxygen atoms in total. The molecule has 0 radical (unpaired) electrons. The minimum Gasteiger partial charge on any atom is -0.493 e. The molecule has 2 fully saturated rings. The highest BCUT2D eigenvalue weighted by Crippen LogP contribution is 2.40. The molecule has 3 amide bonds. The number of aryl methyl sites for hydroxylation is 1. The lowest BCUT2D eigenvalue weighted by molar-refractivity contribution is -0.145. The standard InChI is InChI=1S/C38H55FN4O6S/c1-26-32(50-25-41-26)27-15-16-28(31(21-27)49-20-14-12-10-8-6-5-7-9-11-13-19-44)23-40-34(46)30-22-29(45)24-43(30)35(47)33(37(2,3)4)42-36(48)38(39)17-18-38/h15-16,19,21,25,29-30,33,45H,5-14,17-18,20,22-24H2,1-4H3,(H,40,46)(H,42,48)/t29-,30+,33-/m1/s1. The van der Waals surface area contributed by atoms with Crippen LogP contribution in [0.1, 0.15) is 115 Å². The number of likely N-dealkylation sites (tertiary alicyclic amines) is 1. The molecule has 0 bridgehead atoms. The summed E-state index contributed by atoms with van der Waals surface area (Å²) in [6, 6.07) is 3.89. The van der Waals surface area contributed by atoms with Crippen LogP contribution in [0.2, 0.25) is 0 Å². The lowest BCUT2D eigenvalue weighted by Crippen LogP contribution is -2.59. The van der Waals surface area contributed by atoms with E-state index in [2.05, 4.69) is 15.6 Å². The van der Waals surface area contributed by atoms with Gasteiger partial charge in [-0.2, -0.15) is 0 Å². The smallest absolute Gasteiger partial charge is 0.258 e. The molecule has 2 aliphatic rings. The maximum absolute atomic E-state index is 14.5. The molecule has 1 aromatic carbocycles. The zero-order valence-corrected chi connectivity index (χ0v) is 30.9. The van der Waals surface area contributed by atoms with Crippen LogP contribution in [0.4, 0.5) is 4.39 Å². The molecular formula is C38H55FN4O6S. The van der Waals surface area contributed by atoms with Crippen molar-refractivity contribution in [3.05, 3.63) is 35.0 Å². The highest BCUT2D eigenvalue weighted by molar-refractivity contribution is 7.13. The summed E-state index contributed by atoms with van der Waals surface area (Å²) in [6.45, 7) is 7.92. The van der Waals surface area contributed by atoms with Crippen molar-refractivity contribution in [3.8, 4) is 16.2 Å². The van der Waals surface area contributed by atoms with Gasteiger partial charge in [0.05, 0.1) is 28.8 Å². The lowest BCUT2D eigenvalue weighted by Gasteiger charge is -2.35. The van der Waals surface area contributed by atoms with E-state index in [-0.39, 0.29) is 32.4 Å². The SMILES string of the molecule is Cc1ncsc1-c1ccc(CNC(=O)[C@@H]2C[C@@H](O)CN2C(=O)[C@@H](NC(=O)C2(F)CC2)C(C)(C)C)c(OCCCCCCCCCCCC=O)c1. The van der Waals surface area contributed by atoms with Crippen LogP contribution in [0.3, 0.4) is 0 Å². The van der Waals surface area contributed by atoms with Crippen LogP contribution in [0, 0.1) is 12.3 Å². The summed E-state index contributed by atoms with van der Waals surface area (Å²) in [5, 5.41) is 16.1. The van der Waals surface area contributed by atoms with E-state index in [0.29, 0.717) is 18.8 Å². The van der Waals surface area contributed by atoms with Gasteiger partial charge in [-0.25, -0.2) is 9.37 Å². The fraction of sp³-hybridized carbons (Fsp3) is 0.658. The highest BCUT2D eigenvalue weighted by atomic mass is 32.1. The molecule has 3 atom stereocenters. The van der Waals surface area contributed by atoms with Crippen LogP contribution in [-0.4, -0.2) is 76.0 Å². The first-order chi connectivity index (χ1) is 23.8. The zero-order valence-electron chi connectivity index (χ0n) is 30.1. The number of aromatic nitrogens is 1. The summed E-state index contributed by atoms with van der Waals surface area (Å²) in [4.78, 5) is 57.2. The van der Waals surface area contributed by atoms with E-state index in [1.807, 2.05) is 30.6 Å². The van der Waals surface area contributed by atoms with Gasteiger partial charge < -0.3 is 30.2 Å². The second-order valence-corrected chi connectivity index (χ2v) is 15.8. The van der Waals surface area contributed by atoms with Gasteiger partial charge in [-0.15, -0.1) is 11.3 Å². The molecule has 276 valence electrons. The van der Waals surface area contributed by atoms with Crippen LogP contribution >= 0.6 is 11.3 Å². The lowest BCUT2D eigenvalue weighted by atomic mass is 9.85. The van der Waals surface area contributed by atoms with Crippen molar-refractivity contribution in [2.24, 2.45) is 5.41 Å². The first-order valence-corrected chi connectivity index (χ1v) is 19.1. The number of nitrogens with one attached hydrogen (secondary N) is 2. The number of nitrogens with zero attached hydrogens (tertiary/aromatic N) is 2. The minimum absolute atomic E-state index is 0.0567. The van der Waals surface area contributed by atoms with Crippen molar-refractivity contribution in [3.63, 3.8) is 0 Å². The third-order valence-corrected chi connectivity index (χ3v) is 10.6. The van der Waals surface area contributed by atoms with Crippen molar-refractivity contribution in [2.45, 2.75) is 142 Å². The number of aliphatic hydroxyl groups is 1. The average Bonchev–Trinajstić information content (AvgIpc) is 3.48. The number of hydrogen-bond acceptors (Lipinski definition) is 8. The number of hydrogen-bond donors (Lipinski definition) is 3. The van der Waals surface area contributed by atoms with E-state index >= 15 is 0 Å². The Morgan fingerprint density at radius 3 is 2.36 bits per heavy atom. The van der Waals surface area contributed by atoms with Crippen molar-refractivity contribution >= 4 is 35.3 Å². The third kappa shape index (κ3) is 11.1. The van der Waals surface area contributed by atoms with Gasteiger partial charge in [0, 0.05) is 31.5 Å². The first-order valence-electron chi connectivity index (χ1n) is 18.2. The molecule has 1 aliphatic carbocycles. The Labute approximate surface area is 299 Å². The van der Waals surface area contributed by atoms with E-state index in [1.165, 1.54) is 30.6 Å². The molecule has 0 spiro atoms. The molecule has 50 heavy (non-hydrogen) atoms. The molecule has 1 saturated heterocycles. The van der Waals surface area contributed by atoms with Crippen molar-refractivity contribution in [1.29, 1.82) is 0 Å². The number of thiazole rings is 1. The number of aldehydes is 1. The number of halogens is 1. The third-order valence-electron chi connectivity index (χ3n) is 9.60. The number of carbonyl (C=O) groups excluding carboxylic acids is 4. The number of amides is 3. The van der Waals surface area contributed by atoms with Crippen LogP contribution in [0.5, 0.6) is 5.75 Å². The number of ether oxygens (including phenoxy) is 1. The number of rotatable bonds is 20. The van der Waals surface area contributed by atoms with Gasteiger partial charge in [-0.1, -0.05) is 77.8 Å². The second-order valence-electron chi connectivity index (χ2n) is 14.9. The molecule has 3 N–H and O–H groups in total. The Hall–Kier alpha value is -3.38. The molecule has 1 aliphatic heterocycles. The molecule has 12 heteroatoms. The van der Waals surface area contributed by atoms with E-state index in [9.17, 15) is 28.7 Å². The summed E-state index contributed by atoms with van der Waals surface area (Å²) in [5.41, 5.74) is 1.81. The van der Waals surface area contributed by atoms with E-state index in [4.69, 9.17) is 4.74 Å². The van der Waals surface area contributed by atoms with Crippen LogP contribution < -0.4 is 15.4 Å². The molecule has 0 unspecified atom stereocenters. The minimum atomic E-state index is -1.95. The van der Waals surface area contributed by atoms with Gasteiger partial charge >= 0.3 is 0 Å². The van der Waals surface area contributed by atoms with Crippen molar-refractivity contribution < 1.29 is 33.4 Å². The summed E-state index contributed by atoms with van der Waals surface area (Å²) in [7, 11) is 0. The van der Waals surface area contributed by atoms with Gasteiger partial charge in [-0.05, 0) is 49.7 Å². The van der Waals surface area contributed by atoms with Gasteiger partial charge in [0.1, 0.15) is 24.1 Å². The summed E-state index contributed by atoms with van der Waals surface area (Å²) >= 11 is 1.55. The zero-order chi connectivity index (χ0) is 36.3. The van der Waals surface area contributed by atoms with Gasteiger partial charge in [0.25, 0.3) is 5.91 Å². The first kappa shape index (κ1) is 39.4. The Bertz CT molecular complexity index is 1450. The van der Waals surface area contributed by atoms with Gasteiger partial charge in [0.15, 0.2) is 5.67 Å². The van der Waals surface area contributed by atoms with E-state index in [0.717, 1.165) is 60.1 Å². The predicted octanol–water partition coefficient (Wildman–Crippen LogP) is 6.21. The summed E-state index contributed by atoms with van der Waals surface area (Å²) in [6.07, 6.45) is 11.0. The van der Waals surface area contributed by atoms with Crippen LogP contribution in [-0.2, 0) is 25.7 Å². The summed E-state index contributed by atoms with van der Waals surface area (Å²) in [5.74, 6) is -1.08. The van der Waals surface area contributed by atoms with Crippen molar-refractivity contribution in [1.82, 2.24) is 20.5 Å². The summed E-state index contributed by atoms with van der Waals surface area (Å²) < 4.78 is 20.8. The fourth-order valence-electron chi connectivity index (χ4n) is 6.32. The highest BCUT2D eigenvalue weighted by Gasteiger charge is 2.53. The monoisotopic (exact) mass is 714 g/mol. The van der Waals surface area contributed by atoms with Gasteiger partial charge in [-0.3, -0.25) is 14.4 Å². The maximum atomic E-state index is 14.5. The van der Waals surface area contributed by atoms with E-state index < -0.39 is 47.0 Å². The molecule has 2 heterocycles. The molecule has 1 aromatic heterocycles. The van der Waals surface area contributed by atoms with Crippen LogP contribution in [0.15, 0.2) is 23.7 Å². The Balaban J connectivity index is 1.36. The number of aliphatic hydroxyl groups excluding tert-OH is 1. The maximum Gasteiger partial charge on any atom is 0.258 e. The Morgan fingerprint density at radius 2 is 1.76 bits per heavy atom. The largest absolute Gasteiger partial charge is 0.493 e. The molecule has 2 aromatic rings. The normalized spacial score (nSPS) is 18.8.